The molecule has 7 aliphatic rings. The molecule has 0 saturated carbocycles. The number of phenols is 3. The first kappa shape index (κ1) is 94.9. The molecule has 0 aromatic heterocycles. The van der Waals surface area contributed by atoms with E-state index in [4.69, 9.17) is 57.4 Å². The van der Waals surface area contributed by atoms with Crippen molar-refractivity contribution in [2.24, 2.45) is 11.7 Å². The molecule has 5 aromatic carbocycles. The molecule has 7 amide bonds. The molecule has 7 aliphatic heterocycles. The van der Waals surface area contributed by atoms with Gasteiger partial charge in [-0.2, -0.15) is 0 Å². The van der Waals surface area contributed by atoms with Crippen LogP contribution < -0.4 is 67.8 Å². The molecule has 2 saturated heterocycles. The normalized spacial score (nSPS) is 26.5. The number of amides is 7. The average Bonchev–Trinajstić information content (AvgIpc) is 0.742. The molecule has 122 heavy (non-hydrogen) atoms. The fourth-order valence-corrected chi connectivity index (χ4v) is 16.0. The summed E-state index contributed by atoms with van der Waals surface area (Å²) in [5.74, 6) is -16.4. The van der Waals surface area contributed by atoms with Gasteiger partial charge >= 0.3 is 5.97 Å². The van der Waals surface area contributed by atoms with Crippen molar-refractivity contribution in [1.29, 1.82) is 0 Å². The maximum absolute atomic E-state index is 16.4. The Hall–Kier alpha value is -9.36. The Morgan fingerprint density at radius 3 is 1.89 bits per heavy atom. The summed E-state index contributed by atoms with van der Waals surface area (Å²) >= 11 is 14.4. The first-order valence-corrected chi connectivity index (χ1v) is 41.5. The van der Waals surface area contributed by atoms with Crippen LogP contribution in [0.2, 0.25) is 10.0 Å². The molecule has 12 rings (SSSR count). The van der Waals surface area contributed by atoms with Gasteiger partial charge in [-0.3, -0.25) is 38.5 Å². The lowest BCUT2D eigenvalue weighted by atomic mass is 9.85. The molecular weight excluding hydrogens is 1640 g/mol. The summed E-state index contributed by atoms with van der Waals surface area (Å²) < 4.78 is 39.5. The van der Waals surface area contributed by atoms with Gasteiger partial charge in [-0.1, -0.05) is 107 Å². The molecular formula is C83H111Cl2N11O26. The summed E-state index contributed by atoms with van der Waals surface area (Å²) in [6.45, 7) is 8.04. The molecule has 0 unspecified atom stereocenters. The fraction of sp³-hybridized carbons (Fsp3) is 0.542. The number of carboxylic acids is 1. The van der Waals surface area contributed by atoms with Crippen LogP contribution in [0.15, 0.2) is 72.8 Å². The van der Waals surface area contributed by atoms with Crippen LogP contribution in [-0.4, -0.2) is 252 Å². The highest BCUT2D eigenvalue weighted by Gasteiger charge is 2.52. The second-order valence-corrected chi connectivity index (χ2v) is 32.6. The fourth-order valence-electron chi connectivity index (χ4n) is 15.6. The van der Waals surface area contributed by atoms with Crippen LogP contribution in [0.5, 0.6) is 46.0 Å². The SMILES string of the molecule is CCCCCCCCCCNCCN[C@@]1(C)C[C@H](O[C@H]2[C@H](Oc3c4cc5cc3Oc3ccc(cc3Cl)[C@@H](O)[C@@H](NC(=O)[C@@H](CC(C)C)NC)C(=O)N[C@@H](CC(N)=O)C(=O)N[C@H]5C(=O)N[C@H]3C(=O)N[C@H](C(=O)N[C@H](C(=O)O)c5cc(O)c(CN(CCO)CCO)c(O)c5-c5cc3ccc5O)[C@H](O)c3ccc(c(Cl)c3)O4)O[C@H](CO)[C@@H](O)[C@@H]2O)O[C@@H](C)[C@H]1O. The van der Waals surface area contributed by atoms with Gasteiger partial charge in [0.15, 0.2) is 29.9 Å². The number of nitrogens with zero attached hydrogens (tertiary/aromatic N) is 1. The summed E-state index contributed by atoms with van der Waals surface area (Å²) in [6, 6.07) is -1.78. The first-order valence-electron chi connectivity index (χ1n) is 40.7. The Morgan fingerprint density at radius 1 is 0.680 bits per heavy atom. The minimum atomic E-state index is -2.39. The zero-order chi connectivity index (χ0) is 88.7. The van der Waals surface area contributed by atoms with Crippen molar-refractivity contribution in [2.45, 2.75) is 221 Å². The van der Waals surface area contributed by atoms with Gasteiger partial charge in [0.25, 0.3) is 0 Å². The van der Waals surface area contributed by atoms with E-state index >= 15 is 24.0 Å². The second-order valence-electron chi connectivity index (χ2n) is 31.8. The second kappa shape index (κ2) is 42.8. The summed E-state index contributed by atoms with van der Waals surface area (Å²) in [5.41, 5.74) is 1.12. The highest BCUT2D eigenvalue weighted by molar-refractivity contribution is 6.32. The third-order valence-electron chi connectivity index (χ3n) is 22.3. The number of hydrogen-bond acceptors (Lipinski definition) is 29. The van der Waals surface area contributed by atoms with Crippen molar-refractivity contribution >= 4 is 70.5 Å². The van der Waals surface area contributed by atoms with E-state index in [0.29, 0.717) is 13.1 Å². The van der Waals surface area contributed by atoms with Crippen molar-refractivity contribution < 1.29 is 128 Å². The molecule has 18 atom stereocenters. The number of carboxylic acid groups (broad SMARTS) is 1. The Morgan fingerprint density at radius 2 is 1.29 bits per heavy atom. The summed E-state index contributed by atoms with van der Waals surface area (Å²) in [4.78, 5) is 121. The number of carbonyl (C=O) groups is 8. The lowest BCUT2D eigenvalue weighted by Gasteiger charge is -2.48. The number of rotatable bonds is 32. The predicted octanol–water partition coefficient (Wildman–Crippen LogP) is 2.25. The van der Waals surface area contributed by atoms with Gasteiger partial charge in [0.05, 0.1) is 60.1 Å². The Labute approximate surface area is 713 Å². The van der Waals surface area contributed by atoms with E-state index in [9.17, 15) is 75.7 Å². The van der Waals surface area contributed by atoms with E-state index < -0.39 is 262 Å². The number of carbonyl (C=O) groups excluding carboxylic acids is 7. The number of phenolic OH excluding ortho intramolecular Hbond substituents is 3. The van der Waals surface area contributed by atoms with Gasteiger partial charge in [-0.05, 0) is 123 Å². The highest BCUT2D eigenvalue weighted by atomic mass is 35.5. The molecule has 0 spiro atoms. The van der Waals surface area contributed by atoms with Gasteiger partial charge in [0, 0.05) is 61.4 Å². The lowest BCUT2D eigenvalue weighted by Crippen LogP contribution is -2.65. The van der Waals surface area contributed by atoms with Gasteiger partial charge in [0.1, 0.15) is 89.5 Å². The Balaban J connectivity index is 1.17. The van der Waals surface area contributed by atoms with Crippen LogP contribution in [0.25, 0.3) is 11.1 Å². The van der Waals surface area contributed by atoms with E-state index in [1.165, 1.54) is 56.2 Å². The van der Waals surface area contributed by atoms with Crippen molar-refractivity contribution in [2.75, 3.05) is 59.6 Å². The zero-order valence-electron chi connectivity index (χ0n) is 68.3. The highest BCUT2D eigenvalue weighted by Crippen LogP contribution is 2.51. The summed E-state index contributed by atoms with van der Waals surface area (Å²) in [5, 5.41) is 163. The number of primary amides is 1. The van der Waals surface area contributed by atoms with Gasteiger partial charge in [-0.25, -0.2) is 4.79 Å². The van der Waals surface area contributed by atoms with Gasteiger partial charge in [0.2, 0.25) is 53.4 Å². The van der Waals surface area contributed by atoms with Crippen LogP contribution in [-0.2, 0) is 59.1 Å². The van der Waals surface area contributed by atoms with E-state index in [-0.39, 0.29) is 59.3 Å². The number of aliphatic carboxylic acids is 1. The molecule has 39 heteroatoms. The van der Waals surface area contributed by atoms with Crippen LogP contribution >= 0.6 is 23.2 Å². The number of nitrogens with two attached hydrogens (primary N) is 1. The van der Waals surface area contributed by atoms with E-state index in [2.05, 4.69) is 54.8 Å². The standard InChI is InChI=1S/C83H111Cl2N11O26/c1-7-8-9-10-11-12-13-14-21-88-22-23-89-83(5)36-60(117-40(4)74(83)108)121-73-71(107)70(106)58(38-99)120-82(73)122-72-56-32-44-33-57(72)119-55-20-17-43(31-49(55)85)68(104)66-80(114)93-64(81(115)116)46-34-53(101)47(37-96(24-26-97)25-27-98)69(105)61(46)45-29-41(15-18-52(45)100)62(77(111)95-66)92-78(112)63(44)91-76(110)51(35-59(86)102)90-79(113)65(94-75(109)50(87-6)28-39(2)3)67(103)42-16-19-54(118-56)48(84)30-42/h15-20,29-34,39-40,50-51,58,60,62-68,70-71,73-74,82,87-89,97-101,103-108H,7-14,21-28,35-38H2,1-6H3,(H2,86,102)(H,90,113)(H,91,110)(H,92,112)(H,93,114)(H,94,109)(H,95,111)(H,115,116)/t40-,50+,51-,58+,60-,62+,63+,64-,65+,66-,67+,68+,70+,71-,73+,74+,82-,83-/m0/s1. The number of benzene rings is 5. The van der Waals surface area contributed by atoms with E-state index in [1.54, 1.807) is 13.8 Å². The average molecular weight is 1750 g/mol. The molecule has 0 radical (unpaired) electrons. The minimum Gasteiger partial charge on any atom is -0.507 e. The van der Waals surface area contributed by atoms with Crippen molar-refractivity contribution in [3.63, 3.8) is 0 Å². The van der Waals surface area contributed by atoms with Crippen LogP contribution in [0, 0.1) is 5.92 Å². The molecule has 668 valence electrons. The Bertz CT molecular complexity index is 4550. The van der Waals surface area contributed by atoms with E-state index in [1.807, 2.05) is 13.8 Å². The van der Waals surface area contributed by atoms with Crippen molar-refractivity contribution in [3.8, 4) is 57.1 Å². The zero-order valence-corrected chi connectivity index (χ0v) is 69.8. The number of ether oxygens (including phenoxy) is 6. The maximum atomic E-state index is 16.4. The number of halogens is 2. The lowest BCUT2D eigenvalue weighted by molar-refractivity contribution is -0.334. The summed E-state index contributed by atoms with van der Waals surface area (Å²) in [6.07, 6.45) is -9.35. The molecule has 0 aliphatic carbocycles. The number of aliphatic hydroxyl groups is 8. The number of nitrogens with one attached hydrogen (secondary N) is 9. The number of hydrogen-bond donors (Lipinski definition) is 22. The Kier molecular flexibility index (Phi) is 33.3. The van der Waals surface area contributed by atoms with Crippen LogP contribution in [0.3, 0.4) is 0 Å². The molecule has 37 nitrogen and oxygen atoms in total. The first-order chi connectivity index (χ1) is 58.1. The maximum Gasteiger partial charge on any atom is 0.330 e. The molecule has 11 bridgehead atoms. The smallest absolute Gasteiger partial charge is 0.330 e. The summed E-state index contributed by atoms with van der Waals surface area (Å²) in [7, 11) is 1.47. The molecule has 2 fully saturated rings. The van der Waals surface area contributed by atoms with Crippen LogP contribution in [0.4, 0.5) is 0 Å². The number of aromatic hydroxyl groups is 3. The third-order valence-corrected chi connectivity index (χ3v) is 22.9. The predicted molar refractivity (Wildman–Crippen MR) is 438 cm³/mol. The topological polar surface area (TPSA) is 572 Å². The monoisotopic (exact) mass is 1750 g/mol. The molecule has 7 heterocycles. The van der Waals surface area contributed by atoms with Crippen molar-refractivity contribution in [3.05, 3.63) is 116 Å². The number of fused-ring (bicyclic) bond motifs is 15. The molecule has 5 aromatic rings. The van der Waals surface area contributed by atoms with Crippen LogP contribution in [0.1, 0.15) is 169 Å². The van der Waals surface area contributed by atoms with E-state index in [0.717, 1.165) is 86.5 Å². The van der Waals surface area contributed by atoms with Gasteiger partial charge in [-0.15, -0.1) is 0 Å². The van der Waals surface area contributed by atoms with Crippen molar-refractivity contribution in [1.82, 2.24) is 52.8 Å². The third kappa shape index (κ3) is 22.8. The number of unbranched alkanes of at least 4 members (excludes halogenated alkanes) is 7. The minimum absolute atomic E-state index is 0.115. The quantitative estimate of drug-likeness (QED) is 0.0275. The molecule has 23 N–H and O–H groups in total. The number of likely N-dealkylation sites (N-methyl/N-ethyl adjacent to an activating group) is 1. The number of aliphatic hydroxyl groups excluding tert-OH is 8. The largest absolute Gasteiger partial charge is 0.507 e. The van der Waals surface area contributed by atoms with Gasteiger partial charge < -0.3 is 143 Å².